The molecule has 1 N–H and O–H groups in total. The van der Waals surface area contributed by atoms with Crippen LogP contribution in [0.2, 0.25) is 0 Å². The number of amides is 1. The van der Waals surface area contributed by atoms with E-state index >= 15 is 0 Å². The molecule has 38 heavy (non-hydrogen) atoms. The summed E-state index contributed by atoms with van der Waals surface area (Å²) in [6, 6.07) is 18.7. The Balaban J connectivity index is 1.40. The third kappa shape index (κ3) is 7.51. The number of allylic oxidation sites excluding steroid dienone is 1. The molecule has 2 aromatic heterocycles. The van der Waals surface area contributed by atoms with Crippen LogP contribution in [0, 0.1) is 6.92 Å². The predicted octanol–water partition coefficient (Wildman–Crippen LogP) is 4.92. The summed E-state index contributed by atoms with van der Waals surface area (Å²) in [5.74, 6) is 0.502. The van der Waals surface area contributed by atoms with E-state index in [0.717, 1.165) is 27.9 Å². The van der Waals surface area contributed by atoms with Gasteiger partial charge in [-0.3, -0.25) is 14.6 Å². The molecule has 192 valence electrons. The lowest BCUT2D eigenvalue weighted by Crippen LogP contribution is -2.13. The first kappa shape index (κ1) is 26.6. The van der Waals surface area contributed by atoms with Crippen LogP contribution in [0.3, 0.4) is 0 Å². The van der Waals surface area contributed by atoms with E-state index in [9.17, 15) is 9.59 Å². The van der Waals surface area contributed by atoms with Gasteiger partial charge in [-0.05, 0) is 86.3 Å². The molecule has 2 aromatic carbocycles. The number of nitrogens with one attached hydrogen (secondary N) is 1. The van der Waals surface area contributed by atoms with Crippen molar-refractivity contribution in [2.45, 2.75) is 19.8 Å². The quantitative estimate of drug-likeness (QED) is 0.308. The average molecular weight is 506 g/mol. The SMILES string of the molecule is Cc1cc(NC(=O)c2cccc(CC(=O)/C=C/CN(C)C)c2)ccc1Cc1nccc(-c2cccnc2)n1. The first-order chi connectivity index (χ1) is 18.4. The normalized spacial score (nSPS) is 11.2. The second kappa shape index (κ2) is 12.7. The van der Waals surface area contributed by atoms with Crippen LogP contribution in [0.5, 0.6) is 0 Å². The Kier molecular flexibility index (Phi) is 8.85. The Morgan fingerprint density at radius 2 is 1.87 bits per heavy atom. The van der Waals surface area contributed by atoms with Crippen molar-refractivity contribution in [3.63, 3.8) is 0 Å². The van der Waals surface area contributed by atoms with Crippen molar-refractivity contribution in [2.24, 2.45) is 0 Å². The fraction of sp³-hybridized carbons (Fsp3) is 0.194. The number of nitrogens with zero attached hydrogens (tertiary/aromatic N) is 4. The molecule has 0 aliphatic carbocycles. The van der Waals surface area contributed by atoms with Crippen molar-refractivity contribution in [2.75, 3.05) is 26.0 Å². The maximum atomic E-state index is 12.9. The van der Waals surface area contributed by atoms with Crippen LogP contribution in [-0.2, 0) is 17.6 Å². The molecule has 0 aliphatic heterocycles. The largest absolute Gasteiger partial charge is 0.322 e. The number of benzene rings is 2. The Bertz CT molecular complexity index is 1450. The van der Waals surface area contributed by atoms with E-state index in [1.807, 2.05) is 74.5 Å². The summed E-state index contributed by atoms with van der Waals surface area (Å²) in [6.07, 6.45) is 9.54. The number of anilines is 1. The van der Waals surface area contributed by atoms with Crippen LogP contribution in [0.15, 0.2) is 91.4 Å². The van der Waals surface area contributed by atoms with Crippen molar-refractivity contribution in [1.82, 2.24) is 19.9 Å². The van der Waals surface area contributed by atoms with E-state index in [1.165, 1.54) is 0 Å². The minimum atomic E-state index is -0.220. The maximum Gasteiger partial charge on any atom is 0.255 e. The smallest absolute Gasteiger partial charge is 0.255 e. The number of likely N-dealkylation sites (N-methyl/N-ethyl adjacent to an activating group) is 1. The Hall–Kier alpha value is -4.49. The fourth-order valence-electron chi connectivity index (χ4n) is 3.98. The molecular weight excluding hydrogens is 474 g/mol. The molecular formula is C31H31N5O2. The zero-order valence-electron chi connectivity index (χ0n) is 21.9. The van der Waals surface area contributed by atoms with Gasteiger partial charge >= 0.3 is 0 Å². The van der Waals surface area contributed by atoms with Gasteiger partial charge in [0.15, 0.2) is 5.78 Å². The van der Waals surface area contributed by atoms with Gasteiger partial charge in [-0.15, -0.1) is 0 Å². The van der Waals surface area contributed by atoms with E-state index in [4.69, 9.17) is 4.98 Å². The van der Waals surface area contributed by atoms with E-state index in [1.54, 1.807) is 42.9 Å². The maximum absolute atomic E-state index is 12.9. The third-order valence-electron chi connectivity index (χ3n) is 5.95. The molecule has 4 rings (SSSR count). The van der Waals surface area contributed by atoms with Gasteiger partial charge in [0, 0.05) is 54.8 Å². The minimum Gasteiger partial charge on any atom is -0.322 e. The van der Waals surface area contributed by atoms with E-state index in [2.05, 4.69) is 15.3 Å². The van der Waals surface area contributed by atoms with Crippen molar-refractivity contribution in [3.8, 4) is 11.3 Å². The molecule has 7 nitrogen and oxygen atoms in total. The summed E-state index contributed by atoms with van der Waals surface area (Å²) >= 11 is 0. The molecule has 0 atom stereocenters. The molecule has 4 aromatic rings. The lowest BCUT2D eigenvalue weighted by molar-refractivity contribution is -0.114. The number of pyridine rings is 1. The number of aryl methyl sites for hydroxylation is 1. The number of hydrogen-bond donors (Lipinski definition) is 1. The Labute approximate surface area is 223 Å². The zero-order valence-corrected chi connectivity index (χ0v) is 21.9. The van der Waals surface area contributed by atoms with Gasteiger partial charge < -0.3 is 10.2 Å². The van der Waals surface area contributed by atoms with Crippen molar-refractivity contribution in [1.29, 1.82) is 0 Å². The van der Waals surface area contributed by atoms with Gasteiger partial charge in [0.25, 0.3) is 5.91 Å². The number of hydrogen-bond acceptors (Lipinski definition) is 6. The zero-order chi connectivity index (χ0) is 26.9. The van der Waals surface area contributed by atoms with Crippen LogP contribution < -0.4 is 5.32 Å². The lowest BCUT2D eigenvalue weighted by Gasteiger charge is -2.11. The summed E-state index contributed by atoms with van der Waals surface area (Å²) in [5, 5.41) is 2.97. The second-order valence-corrected chi connectivity index (χ2v) is 9.38. The molecule has 1 amide bonds. The van der Waals surface area contributed by atoms with Gasteiger partial charge in [0.05, 0.1) is 5.69 Å². The molecule has 0 fully saturated rings. The van der Waals surface area contributed by atoms with Gasteiger partial charge in [0.2, 0.25) is 0 Å². The fourth-order valence-corrected chi connectivity index (χ4v) is 3.98. The summed E-state index contributed by atoms with van der Waals surface area (Å²) in [5.41, 5.74) is 5.90. The first-order valence-electron chi connectivity index (χ1n) is 12.4. The molecule has 0 saturated heterocycles. The third-order valence-corrected chi connectivity index (χ3v) is 5.95. The lowest BCUT2D eigenvalue weighted by atomic mass is 10.0. The number of aromatic nitrogens is 3. The van der Waals surface area contributed by atoms with Gasteiger partial charge in [0.1, 0.15) is 5.82 Å². The monoisotopic (exact) mass is 505 g/mol. The first-order valence-corrected chi connectivity index (χ1v) is 12.4. The topological polar surface area (TPSA) is 88.1 Å². The van der Waals surface area contributed by atoms with Crippen LogP contribution in [0.25, 0.3) is 11.3 Å². The van der Waals surface area contributed by atoms with E-state index < -0.39 is 0 Å². The molecule has 2 heterocycles. The molecule has 7 heteroatoms. The molecule has 0 unspecified atom stereocenters. The van der Waals surface area contributed by atoms with E-state index in [0.29, 0.717) is 30.0 Å². The summed E-state index contributed by atoms with van der Waals surface area (Å²) in [6.45, 7) is 2.71. The highest BCUT2D eigenvalue weighted by molar-refractivity contribution is 6.04. The van der Waals surface area contributed by atoms with Crippen LogP contribution >= 0.6 is 0 Å². The highest BCUT2D eigenvalue weighted by Gasteiger charge is 2.11. The Morgan fingerprint density at radius 1 is 1.00 bits per heavy atom. The molecule has 0 saturated carbocycles. The van der Waals surface area contributed by atoms with Crippen molar-refractivity contribution >= 4 is 17.4 Å². The van der Waals surface area contributed by atoms with Crippen LogP contribution in [0.1, 0.15) is 32.9 Å². The van der Waals surface area contributed by atoms with Crippen LogP contribution in [0.4, 0.5) is 5.69 Å². The molecule has 0 aliphatic rings. The van der Waals surface area contributed by atoms with Gasteiger partial charge in [-0.2, -0.15) is 0 Å². The molecule has 0 spiro atoms. The highest BCUT2D eigenvalue weighted by Crippen LogP contribution is 2.20. The second-order valence-electron chi connectivity index (χ2n) is 9.38. The molecule has 0 radical (unpaired) electrons. The molecule has 0 bridgehead atoms. The number of ketones is 1. The summed E-state index contributed by atoms with van der Waals surface area (Å²) in [4.78, 5) is 40.4. The summed E-state index contributed by atoms with van der Waals surface area (Å²) in [7, 11) is 3.90. The summed E-state index contributed by atoms with van der Waals surface area (Å²) < 4.78 is 0. The van der Waals surface area contributed by atoms with Gasteiger partial charge in [-0.1, -0.05) is 24.3 Å². The standard InChI is InChI=1S/C31H31N5O2/c1-22-17-27(12-11-24(22)20-30-33-15-13-29(35-30)26-9-5-14-32-21-26)34-31(38)25-8-4-7-23(18-25)19-28(37)10-6-16-36(2)3/h4-15,17-18,21H,16,19-20H2,1-3H3,(H,34,38)/b10-6+. The van der Waals surface area contributed by atoms with E-state index in [-0.39, 0.29) is 18.1 Å². The van der Waals surface area contributed by atoms with Gasteiger partial charge in [-0.25, -0.2) is 9.97 Å². The number of carbonyl (C=O) groups is 2. The Morgan fingerprint density at radius 3 is 2.63 bits per heavy atom. The van der Waals surface area contributed by atoms with Crippen molar-refractivity contribution in [3.05, 3.63) is 119 Å². The van der Waals surface area contributed by atoms with Crippen LogP contribution in [-0.4, -0.2) is 52.2 Å². The van der Waals surface area contributed by atoms with Crippen molar-refractivity contribution < 1.29 is 9.59 Å². The predicted molar refractivity (Wildman–Crippen MR) is 150 cm³/mol. The minimum absolute atomic E-state index is 0.00516. The average Bonchev–Trinajstić information content (AvgIpc) is 2.91. The number of rotatable bonds is 10. The highest BCUT2D eigenvalue weighted by atomic mass is 16.1. The number of carbonyl (C=O) groups excluding carboxylic acids is 2.